The standard InChI is InChI=1S/C11H16O/c1-9(2)8-10-6-4-5-7-11(10)12-3/h4-7,9H,8H2,1-3H3. The summed E-state index contributed by atoms with van der Waals surface area (Å²) in [6.07, 6.45) is 1.09. The highest BCUT2D eigenvalue weighted by Crippen LogP contribution is 2.20. The van der Waals surface area contributed by atoms with Gasteiger partial charge in [0.15, 0.2) is 0 Å². The first kappa shape index (κ1) is 9.11. The molecule has 1 aromatic carbocycles. The van der Waals surface area contributed by atoms with Crippen molar-refractivity contribution < 1.29 is 4.74 Å². The van der Waals surface area contributed by atoms with E-state index in [2.05, 4.69) is 26.0 Å². The highest BCUT2D eigenvalue weighted by atomic mass is 16.5. The van der Waals surface area contributed by atoms with E-state index in [0.717, 1.165) is 12.2 Å². The summed E-state index contributed by atoms with van der Waals surface area (Å²) in [5.74, 6) is 1.69. The summed E-state index contributed by atoms with van der Waals surface area (Å²) in [6.45, 7) is 4.43. The van der Waals surface area contributed by atoms with Gasteiger partial charge in [0.1, 0.15) is 5.75 Å². The van der Waals surface area contributed by atoms with Gasteiger partial charge in [-0.1, -0.05) is 32.0 Å². The van der Waals surface area contributed by atoms with Gasteiger partial charge in [0.25, 0.3) is 0 Å². The van der Waals surface area contributed by atoms with Crippen LogP contribution in [0.1, 0.15) is 19.4 Å². The van der Waals surface area contributed by atoms with Crippen molar-refractivity contribution in [1.29, 1.82) is 0 Å². The van der Waals surface area contributed by atoms with E-state index in [-0.39, 0.29) is 0 Å². The normalized spacial score (nSPS) is 10.3. The molecule has 0 fully saturated rings. The van der Waals surface area contributed by atoms with Crippen molar-refractivity contribution in [3.63, 3.8) is 0 Å². The molecule has 0 atom stereocenters. The molecule has 0 aliphatic carbocycles. The molecule has 0 aromatic heterocycles. The molecular weight excluding hydrogens is 148 g/mol. The lowest BCUT2D eigenvalue weighted by Crippen LogP contribution is -1.97. The fourth-order valence-electron chi connectivity index (χ4n) is 1.31. The van der Waals surface area contributed by atoms with Crippen molar-refractivity contribution in [3.05, 3.63) is 29.8 Å². The van der Waals surface area contributed by atoms with E-state index >= 15 is 0 Å². The number of para-hydroxylation sites is 1. The van der Waals surface area contributed by atoms with Crippen molar-refractivity contribution in [3.8, 4) is 5.75 Å². The first-order chi connectivity index (χ1) is 5.74. The Kier molecular flexibility index (Phi) is 3.15. The quantitative estimate of drug-likeness (QED) is 0.667. The Balaban J connectivity index is 2.82. The number of ether oxygens (including phenoxy) is 1. The second kappa shape index (κ2) is 4.15. The van der Waals surface area contributed by atoms with Crippen LogP contribution >= 0.6 is 0 Å². The minimum Gasteiger partial charge on any atom is -0.496 e. The molecule has 0 bridgehead atoms. The summed E-state index contributed by atoms with van der Waals surface area (Å²) in [6, 6.07) is 8.19. The Labute approximate surface area is 74.4 Å². The van der Waals surface area contributed by atoms with E-state index in [1.165, 1.54) is 5.56 Å². The average Bonchev–Trinajstić information content (AvgIpc) is 2.04. The molecule has 1 aromatic rings. The average molecular weight is 164 g/mol. The molecule has 0 amide bonds. The second-order valence-electron chi connectivity index (χ2n) is 3.41. The molecule has 0 aliphatic rings. The van der Waals surface area contributed by atoms with Gasteiger partial charge in [-0.2, -0.15) is 0 Å². The van der Waals surface area contributed by atoms with Gasteiger partial charge in [0.05, 0.1) is 7.11 Å². The van der Waals surface area contributed by atoms with Crippen molar-refractivity contribution in [2.24, 2.45) is 5.92 Å². The number of benzene rings is 1. The van der Waals surface area contributed by atoms with E-state index in [9.17, 15) is 0 Å². The first-order valence-electron chi connectivity index (χ1n) is 4.36. The number of methoxy groups -OCH3 is 1. The molecule has 1 nitrogen and oxygen atoms in total. The lowest BCUT2D eigenvalue weighted by atomic mass is 10.0. The van der Waals surface area contributed by atoms with Gasteiger partial charge in [-0.25, -0.2) is 0 Å². The van der Waals surface area contributed by atoms with Crippen LogP contribution in [0.3, 0.4) is 0 Å². The Morgan fingerprint density at radius 2 is 1.92 bits per heavy atom. The Bertz CT molecular complexity index is 241. The third-order valence-electron chi connectivity index (χ3n) is 1.82. The van der Waals surface area contributed by atoms with Crippen LogP contribution in [0.2, 0.25) is 0 Å². The smallest absolute Gasteiger partial charge is 0.122 e. The van der Waals surface area contributed by atoms with Crippen molar-refractivity contribution in [2.45, 2.75) is 20.3 Å². The maximum Gasteiger partial charge on any atom is 0.122 e. The zero-order valence-corrected chi connectivity index (χ0v) is 8.00. The summed E-state index contributed by atoms with van der Waals surface area (Å²) >= 11 is 0. The third-order valence-corrected chi connectivity index (χ3v) is 1.82. The van der Waals surface area contributed by atoms with E-state index < -0.39 is 0 Å². The van der Waals surface area contributed by atoms with Gasteiger partial charge in [0, 0.05) is 0 Å². The van der Waals surface area contributed by atoms with E-state index in [0.29, 0.717) is 5.92 Å². The lowest BCUT2D eigenvalue weighted by Gasteiger charge is -2.09. The van der Waals surface area contributed by atoms with Crippen LogP contribution in [0.4, 0.5) is 0 Å². The maximum absolute atomic E-state index is 5.25. The maximum atomic E-state index is 5.25. The highest BCUT2D eigenvalue weighted by Gasteiger charge is 2.02. The molecule has 12 heavy (non-hydrogen) atoms. The molecule has 1 heteroatoms. The third kappa shape index (κ3) is 2.26. The molecular formula is C11H16O. The van der Waals surface area contributed by atoms with Gasteiger partial charge < -0.3 is 4.74 Å². The Morgan fingerprint density at radius 3 is 2.50 bits per heavy atom. The topological polar surface area (TPSA) is 9.23 Å². The molecule has 0 unspecified atom stereocenters. The summed E-state index contributed by atoms with van der Waals surface area (Å²) in [4.78, 5) is 0. The largest absolute Gasteiger partial charge is 0.496 e. The Morgan fingerprint density at radius 1 is 1.25 bits per heavy atom. The SMILES string of the molecule is COc1ccccc1CC(C)C. The van der Waals surface area contributed by atoms with Crippen LogP contribution in [-0.4, -0.2) is 7.11 Å². The van der Waals surface area contributed by atoms with Crippen LogP contribution in [0.15, 0.2) is 24.3 Å². The molecule has 0 saturated heterocycles. The minimum absolute atomic E-state index is 0.682. The summed E-state index contributed by atoms with van der Waals surface area (Å²) in [5.41, 5.74) is 1.30. The molecule has 66 valence electrons. The molecule has 0 heterocycles. The van der Waals surface area contributed by atoms with Gasteiger partial charge in [0.2, 0.25) is 0 Å². The predicted molar refractivity (Wildman–Crippen MR) is 51.5 cm³/mol. The monoisotopic (exact) mass is 164 g/mol. The minimum atomic E-state index is 0.682. The van der Waals surface area contributed by atoms with E-state index in [1.54, 1.807) is 7.11 Å². The molecule has 1 rings (SSSR count). The highest BCUT2D eigenvalue weighted by molar-refractivity contribution is 5.33. The van der Waals surface area contributed by atoms with Gasteiger partial charge >= 0.3 is 0 Å². The fourth-order valence-corrected chi connectivity index (χ4v) is 1.31. The van der Waals surface area contributed by atoms with E-state index in [4.69, 9.17) is 4.74 Å². The van der Waals surface area contributed by atoms with Crippen molar-refractivity contribution in [1.82, 2.24) is 0 Å². The zero-order valence-electron chi connectivity index (χ0n) is 8.00. The van der Waals surface area contributed by atoms with Gasteiger partial charge in [-0.15, -0.1) is 0 Å². The number of hydrogen-bond acceptors (Lipinski definition) is 1. The number of hydrogen-bond donors (Lipinski definition) is 0. The van der Waals surface area contributed by atoms with Crippen LogP contribution < -0.4 is 4.74 Å². The lowest BCUT2D eigenvalue weighted by molar-refractivity contribution is 0.407. The molecule has 0 saturated carbocycles. The molecule has 0 radical (unpaired) electrons. The summed E-state index contributed by atoms with van der Waals surface area (Å²) in [7, 11) is 1.72. The summed E-state index contributed by atoms with van der Waals surface area (Å²) in [5, 5.41) is 0. The molecule has 0 N–H and O–H groups in total. The fraction of sp³-hybridized carbons (Fsp3) is 0.455. The van der Waals surface area contributed by atoms with Crippen LogP contribution in [-0.2, 0) is 6.42 Å². The van der Waals surface area contributed by atoms with Crippen LogP contribution in [0.25, 0.3) is 0 Å². The Hall–Kier alpha value is -0.980. The van der Waals surface area contributed by atoms with Crippen molar-refractivity contribution >= 4 is 0 Å². The zero-order chi connectivity index (χ0) is 8.97. The second-order valence-corrected chi connectivity index (χ2v) is 3.41. The molecule has 0 spiro atoms. The van der Waals surface area contributed by atoms with Gasteiger partial charge in [-0.05, 0) is 24.0 Å². The van der Waals surface area contributed by atoms with Crippen molar-refractivity contribution in [2.75, 3.05) is 7.11 Å². The number of rotatable bonds is 3. The van der Waals surface area contributed by atoms with Crippen LogP contribution in [0.5, 0.6) is 5.75 Å². The predicted octanol–water partition coefficient (Wildman–Crippen LogP) is 2.89. The first-order valence-corrected chi connectivity index (χ1v) is 4.36. The van der Waals surface area contributed by atoms with Crippen LogP contribution in [0, 0.1) is 5.92 Å². The summed E-state index contributed by atoms with van der Waals surface area (Å²) < 4.78 is 5.25. The van der Waals surface area contributed by atoms with Gasteiger partial charge in [-0.3, -0.25) is 0 Å². The van der Waals surface area contributed by atoms with E-state index in [1.807, 2.05) is 12.1 Å². The molecule has 0 aliphatic heterocycles.